The molecule has 0 saturated heterocycles. The highest BCUT2D eigenvalue weighted by atomic mass is 16.5. The molecule has 21 heavy (non-hydrogen) atoms. The quantitative estimate of drug-likeness (QED) is 0.876. The van der Waals surface area contributed by atoms with E-state index >= 15 is 0 Å². The highest BCUT2D eigenvalue weighted by Crippen LogP contribution is 2.17. The number of anilines is 1. The Balaban J connectivity index is 2.60. The number of carbonyl (C=O) groups is 2. The van der Waals surface area contributed by atoms with Crippen molar-refractivity contribution in [3.05, 3.63) is 29.8 Å². The summed E-state index contributed by atoms with van der Waals surface area (Å²) in [4.78, 5) is 22.9. The topological polar surface area (TPSA) is 67.4 Å². The molecular formula is C16H24N2O3. The maximum absolute atomic E-state index is 11.8. The molecule has 1 aromatic carbocycles. The molecule has 2 N–H and O–H groups in total. The Hall–Kier alpha value is -1.88. The van der Waals surface area contributed by atoms with Crippen LogP contribution in [0.25, 0.3) is 0 Å². The number of hydrogen-bond acceptors (Lipinski definition) is 3. The minimum Gasteiger partial charge on any atom is -0.366 e. The molecule has 0 heterocycles. The molecule has 0 saturated carbocycles. The first-order valence-electron chi connectivity index (χ1n) is 6.98. The lowest BCUT2D eigenvalue weighted by Crippen LogP contribution is -2.33. The SMILES string of the molecule is CC(=O)Nc1cccc(C(C)NC(=O)COC(C)(C)C)c1. The van der Waals surface area contributed by atoms with Gasteiger partial charge in [-0.3, -0.25) is 9.59 Å². The summed E-state index contributed by atoms with van der Waals surface area (Å²) in [5, 5.41) is 5.59. The van der Waals surface area contributed by atoms with E-state index in [1.165, 1.54) is 6.92 Å². The summed E-state index contributed by atoms with van der Waals surface area (Å²) in [6.45, 7) is 9.09. The van der Waals surface area contributed by atoms with Gasteiger partial charge in [-0.2, -0.15) is 0 Å². The number of ether oxygens (including phenoxy) is 1. The fourth-order valence-electron chi connectivity index (χ4n) is 1.74. The zero-order valence-corrected chi connectivity index (χ0v) is 13.3. The lowest BCUT2D eigenvalue weighted by Gasteiger charge is -2.20. The molecule has 0 aromatic heterocycles. The van der Waals surface area contributed by atoms with Gasteiger partial charge in [-0.25, -0.2) is 0 Å². The van der Waals surface area contributed by atoms with Gasteiger partial charge in [-0.1, -0.05) is 12.1 Å². The van der Waals surface area contributed by atoms with E-state index in [4.69, 9.17) is 4.74 Å². The lowest BCUT2D eigenvalue weighted by molar-refractivity contribution is -0.131. The molecule has 2 amide bonds. The van der Waals surface area contributed by atoms with Crippen molar-refractivity contribution in [1.29, 1.82) is 0 Å². The Morgan fingerprint density at radius 1 is 1.29 bits per heavy atom. The van der Waals surface area contributed by atoms with Gasteiger partial charge in [0.1, 0.15) is 6.61 Å². The number of hydrogen-bond donors (Lipinski definition) is 2. The molecule has 0 fully saturated rings. The minimum absolute atomic E-state index is 0.0270. The first kappa shape index (κ1) is 17.2. The Morgan fingerprint density at radius 3 is 2.52 bits per heavy atom. The molecule has 0 aliphatic rings. The molecule has 5 nitrogen and oxygen atoms in total. The monoisotopic (exact) mass is 292 g/mol. The standard InChI is InChI=1S/C16H24N2O3/c1-11(17-15(20)10-21-16(3,4)5)13-7-6-8-14(9-13)18-12(2)19/h6-9,11H,10H2,1-5H3,(H,17,20)(H,18,19). The van der Waals surface area contributed by atoms with Crippen molar-refractivity contribution in [3.63, 3.8) is 0 Å². The van der Waals surface area contributed by atoms with Crippen LogP contribution in [0.3, 0.4) is 0 Å². The Bertz CT molecular complexity index is 506. The first-order valence-corrected chi connectivity index (χ1v) is 6.98. The third-order valence-corrected chi connectivity index (χ3v) is 2.72. The van der Waals surface area contributed by atoms with Gasteiger partial charge in [0.25, 0.3) is 0 Å². The Morgan fingerprint density at radius 2 is 1.95 bits per heavy atom. The summed E-state index contributed by atoms with van der Waals surface area (Å²) >= 11 is 0. The van der Waals surface area contributed by atoms with Crippen molar-refractivity contribution in [2.75, 3.05) is 11.9 Å². The van der Waals surface area contributed by atoms with Gasteiger partial charge >= 0.3 is 0 Å². The summed E-state index contributed by atoms with van der Waals surface area (Å²) in [6, 6.07) is 7.24. The average molecular weight is 292 g/mol. The molecule has 1 rings (SSSR count). The predicted octanol–water partition coefficient (Wildman–Crippen LogP) is 2.64. The molecular weight excluding hydrogens is 268 g/mol. The van der Waals surface area contributed by atoms with Crippen LogP contribution in [0.15, 0.2) is 24.3 Å². The van der Waals surface area contributed by atoms with E-state index in [1.807, 2.05) is 52.0 Å². The summed E-state index contributed by atoms with van der Waals surface area (Å²) in [6.07, 6.45) is 0. The second-order valence-corrected chi connectivity index (χ2v) is 6.00. The number of amides is 2. The molecule has 5 heteroatoms. The maximum Gasteiger partial charge on any atom is 0.246 e. The van der Waals surface area contributed by atoms with Gasteiger partial charge in [0, 0.05) is 12.6 Å². The molecule has 116 valence electrons. The molecule has 0 bridgehead atoms. The number of benzene rings is 1. The Kier molecular flexibility index (Phi) is 5.90. The van der Waals surface area contributed by atoms with E-state index in [0.29, 0.717) is 5.69 Å². The van der Waals surface area contributed by atoms with Crippen molar-refractivity contribution < 1.29 is 14.3 Å². The van der Waals surface area contributed by atoms with Crippen LogP contribution < -0.4 is 10.6 Å². The van der Waals surface area contributed by atoms with Crippen molar-refractivity contribution in [2.24, 2.45) is 0 Å². The molecule has 1 unspecified atom stereocenters. The van der Waals surface area contributed by atoms with Crippen LogP contribution in [0.5, 0.6) is 0 Å². The third kappa shape index (κ3) is 6.90. The highest BCUT2D eigenvalue weighted by molar-refractivity contribution is 5.88. The number of rotatable bonds is 5. The summed E-state index contributed by atoms with van der Waals surface area (Å²) < 4.78 is 5.44. The smallest absolute Gasteiger partial charge is 0.246 e. The van der Waals surface area contributed by atoms with Crippen LogP contribution in [-0.2, 0) is 14.3 Å². The van der Waals surface area contributed by atoms with Crippen LogP contribution in [0.1, 0.15) is 46.2 Å². The van der Waals surface area contributed by atoms with Crippen LogP contribution in [0.4, 0.5) is 5.69 Å². The van der Waals surface area contributed by atoms with E-state index in [9.17, 15) is 9.59 Å². The second kappa shape index (κ2) is 7.22. The van der Waals surface area contributed by atoms with Crippen molar-refractivity contribution in [2.45, 2.75) is 46.3 Å². The maximum atomic E-state index is 11.8. The van der Waals surface area contributed by atoms with E-state index in [1.54, 1.807) is 0 Å². The average Bonchev–Trinajstić information content (AvgIpc) is 2.35. The fraction of sp³-hybridized carbons (Fsp3) is 0.500. The van der Waals surface area contributed by atoms with Gasteiger partial charge < -0.3 is 15.4 Å². The van der Waals surface area contributed by atoms with Crippen molar-refractivity contribution in [1.82, 2.24) is 5.32 Å². The molecule has 1 aromatic rings. The predicted molar refractivity (Wildman–Crippen MR) is 83.0 cm³/mol. The second-order valence-electron chi connectivity index (χ2n) is 6.00. The van der Waals surface area contributed by atoms with Crippen molar-refractivity contribution in [3.8, 4) is 0 Å². The minimum atomic E-state index is -0.341. The molecule has 0 radical (unpaired) electrons. The Labute approximate surface area is 126 Å². The number of nitrogens with one attached hydrogen (secondary N) is 2. The van der Waals surface area contributed by atoms with Gasteiger partial charge in [-0.15, -0.1) is 0 Å². The summed E-state index contributed by atoms with van der Waals surface area (Å²) in [5.41, 5.74) is 1.30. The van der Waals surface area contributed by atoms with Crippen LogP contribution in [-0.4, -0.2) is 24.0 Å². The lowest BCUT2D eigenvalue weighted by atomic mass is 10.1. The molecule has 0 aliphatic heterocycles. The number of carbonyl (C=O) groups excluding carboxylic acids is 2. The van der Waals surface area contributed by atoms with Gasteiger partial charge in [-0.05, 0) is 45.4 Å². The van der Waals surface area contributed by atoms with Gasteiger partial charge in [0.2, 0.25) is 11.8 Å². The van der Waals surface area contributed by atoms with Crippen LogP contribution in [0.2, 0.25) is 0 Å². The zero-order valence-electron chi connectivity index (χ0n) is 13.3. The first-order chi connectivity index (χ1) is 9.67. The van der Waals surface area contributed by atoms with Crippen molar-refractivity contribution >= 4 is 17.5 Å². The molecule has 0 spiro atoms. The molecule has 1 atom stereocenters. The van der Waals surface area contributed by atoms with Crippen LogP contribution in [0, 0.1) is 0 Å². The normalized spacial score (nSPS) is 12.6. The highest BCUT2D eigenvalue weighted by Gasteiger charge is 2.15. The van der Waals surface area contributed by atoms with E-state index in [2.05, 4.69) is 10.6 Å². The van der Waals surface area contributed by atoms with E-state index < -0.39 is 0 Å². The summed E-state index contributed by atoms with van der Waals surface area (Å²) in [5.74, 6) is -0.287. The van der Waals surface area contributed by atoms with E-state index in [0.717, 1.165) is 5.56 Å². The fourth-order valence-corrected chi connectivity index (χ4v) is 1.74. The third-order valence-electron chi connectivity index (χ3n) is 2.72. The summed E-state index contributed by atoms with van der Waals surface area (Å²) in [7, 11) is 0. The zero-order chi connectivity index (χ0) is 16.0. The molecule has 0 aliphatic carbocycles. The van der Waals surface area contributed by atoms with E-state index in [-0.39, 0.29) is 30.1 Å². The van der Waals surface area contributed by atoms with Crippen LogP contribution >= 0.6 is 0 Å². The van der Waals surface area contributed by atoms with Gasteiger partial charge in [0.15, 0.2) is 0 Å². The largest absolute Gasteiger partial charge is 0.366 e. The van der Waals surface area contributed by atoms with Gasteiger partial charge in [0.05, 0.1) is 11.6 Å².